The zero-order valence-corrected chi connectivity index (χ0v) is 13.3. The molecule has 1 unspecified atom stereocenters. The maximum absolute atomic E-state index is 4.76. The number of nitrogens with one attached hydrogen (secondary N) is 1. The summed E-state index contributed by atoms with van der Waals surface area (Å²) < 4.78 is 0. The van der Waals surface area contributed by atoms with Crippen LogP contribution >= 0.6 is 11.3 Å². The Labute approximate surface area is 126 Å². The highest BCUT2D eigenvalue weighted by Gasteiger charge is 2.30. The monoisotopic (exact) mass is 294 g/mol. The molecule has 5 heteroatoms. The number of hydrogen-bond donors (Lipinski definition) is 1. The highest BCUT2D eigenvalue weighted by Crippen LogP contribution is 2.22. The SMILES string of the molecule is CCCNCc1nc(CN2CCN3CCCC3C2)cs1. The standard InChI is InChI=1S/C15H26N4S/c1-2-5-16-9-15-17-13(12-20-15)10-18-7-8-19-6-3-4-14(19)11-18/h12,14,16H,2-11H2,1H3. The molecular weight excluding hydrogens is 268 g/mol. The molecule has 2 aliphatic heterocycles. The molecule has 1 aromatic rings. The Morgan fingerprint density at radius 1 is 1.40 bits per heavy atom. The Morgan fingerprint density at radius 3 is 3.25 bits per heavy atom. The predicted molar refractivity (Wildman–Crippen MR) is 84.0 cm³/mol. The summed E-state index contributed by atoms with van der Waals surface area (Å²) in [4.78, 5) is 10.0. The van der Waals surface area contributed by atoms with Crippen LogP contribution in [0.15, 0.2) is 5.38 Å². The van der Waals surface area contributed by atoms with Crippen LogP contribution in [-0.4, -0.2) is 53.5 Å². The molecule has 0 amide bonds. The van der Waals surface area contributed by atoms with Gasteiger partial charge in [0.2, 0.25) is 0 Å². The van der Waals surface area contributed by atoms with Crippen LogP contribution in [0.1, 0.15) is 36.9 Å². The van der Waals surface area contributed by atoms with E-state index in [1.54, 1.807) is 11.3 Å². The summed E-state index contributed by atoms with van der Waals surface area (Å²) in [5.41, 5.74) is 1.26. The number of piperazine rings is 1. The van der Waals surface area contributed by atoms with Crippen molar-refractivity contribution < 1.29 is 0 Å². The summed E-state index contributed by atoms with van der Waals surface area (Å²) in [6.45, 7) is 10.3. The maximum Gasteiger partial charge on any atom is 0.107 e. The van der Waals surface area contributed by atoms with E-state index >= 15 is 0 Å². The van der Waals surface area contributed by atoms with Gasteiger partial charge in [-0.3, -0.25) is 9.80 Å². The van der Waals surface area contributed by atoms with Crippen molar-refractivity contribution in [3.05, 3.63) is 16.1 Å². The average molecular weight is 294 g/mol. The van der Waals surface area contributed by atoms with Crippen LogP contribution in [0, 0.1) is 0 Å². The van der Waals surface area contributed by atoms with Crippen molar-refractivity contribution in [1.82, 2.24) is 20.1 Å². The molecule has 112 valence electrons. The van der Waals surface area contributed by atoms with Crippen molar-refractivity contribution in [2.24, 2.45) is 0 Å². The first kappa shape index (κ1) is 14.4. The van der Waals surface area contributed by atoms with Crippen LogP contribution in [0.25, 0.3) is 0 Å². The third-order valence-electron chi connectivity index (χ3n) is 4.36. The number of aromatic nitrogens is 1. The second-order valence-corrected chi connectivity index (χ2v) is 6.92. The number of hydrogen-bond acceptors (Lipinski definition) is 5. The smallest absolute Gasteiger partial charge is 0.107 e. The minimum absolute atomic E-state index is 0.813. The van der Waals surface area contributed by atoms with Crippen LogP contribution in [0.2, 0.25) is 0 Å². The van der Waals surface area contributed by atoms with Gasteiger partial charge in [-0.1, -0.05) is 6.92 Å². The molecule has 1 aromatic heterocycles. The van der Waals surface area contributed by atoms with Crippen LogP contribution in [-0.2, 0) is 13.1 Å². The third kappa shape index (κ3) is 3.58. The Bertz CT molecular complexity index is 420. The van der Waals surface area contributed by atoms with Gasteiger partial charge in [0.1, 0.15) is 5.01 Å². The summed E-state index contributed by atoms with van der Waals surface area (Å²) in [5.74, 6) is 0. The first-order chi connectivity index (χ1) is 9.85. The van der Waals surface area contributed by atoms with Crippen molar-refractivity contribution in [2.45, 2.75) is 45.3 Å². The lowest BCUT2D eigenvalue weighted by atomic mass is 10.1. The quantitative estimate of drug-likeness (QED) is 0.812. The molecule has 1 atom stereocenters. The molecule has 2 aliphatic rings. The fraction of sp³-hybridized carbons (Fsp3) is 0.800. The Kier molecular flexibility index (Phi) is 5.04. The summed E-state index contributed by atoms with van der Waals surface area (Å²) >= 11 is 1.80. The van der Waals surface area contributed by atoms with Gasteiger partial charge in [-0.25, -0.2) is 4.98 Å². The molecular formula is C15H26N4S. The van der Waals surface area contributed by atoms with Gasteiger partial charge in [0.05, 0.1) is 5.69 Å². The second kappa shape index (κ2) is 6.98. The molecule has 3 heterocycles. The Morgan fingerprint density at radius 2 is 2.35 bits per heavy atom. The normalized spacial score (nSPS) is 24.1. The number of thiazole rings is 1. The van der Waals surface area contributed by atoms with E-state index in [9.17, 15) is 0 Å². The van der Waals surface area contributed by atoms with E-state index in [1.165, 1.54) is 56.1 Å². The molecule has 0 radical (unpaired) electrons. The average Bonchev–Trinajstić information content (AvgIpc) is 3.08. The summed E-state index contributed by atoms with van der Waals surface area (Å²) in [6, 6.07) is 0.813. The molecule has 2 fully saturated rings. The van der Waals surface area contributed by atoms with E-state index < -0.39 is 0 Å². The predicted octanol–water partition coefficient (Wildman–Crippen LogP) is 1.92. The lowest BCUT2D eigenvalue weighted by Crippen LogP contribution is -2.49. The lowest BCUT2D eigenvalue weighted by molar-refractivity contribution is 0.0985. The van der Waals surface area contributed by atoms with E-state index in [0.717, 1.165) is 25.7 Å². The van der Waals surface area contributed by atoms with Gasteiger partial charge in [-0.2, -0.15) is 0 Å². The molecule has 0 aromatic carbocycles. The van der Waals surface area contributed by atoms with Crippen molar-refractivity contribution in [1.29, 1.82) is 0 Å². The van der Waals surface area contributed by atoms with Gasteiger partial charge < -0.3 is 5.32 Å². The first-order valence-electron chi connectivity index (χ1n) is 7.95. The first-order valence-corrected chi connectivity index (χ1v) is 8.83. The van der Waals surface area contributed by atoms with Crippen LogP contribution in [0.5, 0.6) is 0 Å². The summed E-state index contributed by atoms with van der Waals surface area (Å²) in [7, 11) is 0. The Balaban J connectivity index is 1.48. The minimum atomic E-state index is 0.813. The van der Waals surface area contributed by atoms with Gasteiger partial charge in [0.15, 0.2) is 0 Å². The van der Waals surface area contributed by atoms with Gasteiger partial charge in [0.25, 0.3) is 0 Å². The van der Waals surface area contributed by atoms with E-state index in [1.807, 2.05) is 0 Å². The highest BCUT2D eigenvalue weighted by atomic mass is 32.1. The molecule has 0 saturated carbocycles. The largest absolute Gasteiger partial charge is 0.310 e. The van der Waals surface area contributed by atoms with Gasteiger partial charge in [0, 0.05) is 44.1 Å². The number of fused-ring (bicyclic) bond motifs is 1. The molecule has 0 aliphatic carbocycles. The maximum atomic E-state index is 4.76. The summed E-state index contributed by atoms with van der Waals surface area (Å²) in [6.07, 6.45) is 3.96. The van der Waals surface area contributed by atoms with Crippen molar-refractivity contribution in [3.63, 3.8) is 0 Å². The number of rotatable bonds is 6. The van der Waals surface area contributed by atoms with Gasteiger partial charge in [-0.15, -0.1) is 11.3 Å². The van der Waals surface area contributed by atoms with E-state index in [4.69, 9.17) is 4.98 Å². The highest BCUT2D eigenvalue weighted by molar-refractivity contribution is 7.09. The zero-order chi connectivity index (χ0) is 13.8. The van der Waals surface area contributed by atoms with Gasteiger partial charge >= 0.3 is 0 Å². The lowest BCUT2D eigenvalue weighted by Gasteiger charge is -2.37. The van der Waals surface area contributed by atoms with Crippen LogP contribution in [0.3, 0.4) is 0 Å². The van der Waals surface area contributed by atoms with E-state index in [2.05, 4.69) is 27.4 Å². The molecule has 20 heavy (non-hydrogen) atoms. The topological polar surface area (TPSA) is 31.4 Å². The van der Waals surface area contributed by atoms with Crippen molar-refractivity contribution in [2.75, 3.05) is 32.7 Å². The molecule has 2 saturated heterocycles. The fourth-order valence-corrected chi connectivity index (χ4v) is 4.06. The molecule has 0 spiro atoms. The minimum Gasteiger partial charge on any atom is -0.310 e. The van der Waals surface area contributed by atoms with Gasteiger partial charge in [-0.05, 0) is 32.4 Å². The number of nitrogens with zero attached hydrogens (tertiary/aromatic N) is 3. The van der Waals surface area contributed by atoms with Crippen LogP contribution in [0.4, 0.5) is 0 Å². The van der Waals surface area contributed by atoms with E-state index in [0.29, 0.717) is 0 Å². The second-order valence-electron chi connectivity index (χ2n) is 5.98. The van der Waals surface area contributed by atoms with Crippen molar-refractivity contribution in [3.8, 4) is 0 Å². The van der Waals surface area contributed by atoms with Crippen molar-refractivity contribution >= 4 is 11.3 Å². The summed E-state index contributed by atoms with van der Waals surface area (Å²) in [5, 5.41) is 6.90. The molecule has 1 N–H and O–H groups in total. The molecule has 3 rings (SSSR count). The fourth-order valence-electron chi connectivity index (χ4n) is 3.30. The molecule has 0 bridgehead atoms. The Hall–Kier alpha value is -0.490. The van der Waals surface area contributed by atoms with E-state index in [-0.39, 0.29) is 0 Å². The van der Waals surface area contributed by atoms with Crippen LogP contribution < -0.4 is 5.32 Å². The molecule has 4 nitrogen and oxygen atoms in total. The zero-order valence-electron chi connectivity index (χ0n) is 12.5. The third-order valence-corrected chi connectivity index (χ3v) is 5.26.